The summed E-state index contributed by atoms with van der Waals surface area (Å²) in [5, 5.41) is 15.5. The summed E-state index contributed by atoms with van der Waals surface area (Å²) in [6.45, 7) is -0.171. The summed E-state index contributed by atoms with van der Waals surface area (Å²) < 4.78 is 7.71. The van der Waals surface area contributed by atoms with Gasteiger partial charge in [0.05, 0.1) is 17.5 Å². The summed E-state index contributed by atoms with van der Waals surface area (Å²) in [6, 6.07) is 3.16. The lowest BCUT2D eigenvalue weighted by molar-refractivity contribution is 0.0467. The Morgan fingerprint density at radius 3 is 3.05 bits per heavy atom. The van der Waals surface area contributed by atoms with Gasteiger partial charge in [-0.3, -0.25) is 14.6 Å². The number of aryl methyl sites for hydroxylation is 1. The van der Waals surface area contributed by atoms with Crippen LogP contribution >= 0.6 is 0 Å². The van der Waals surface area contributed by atoms with E-state index in [-0.39, 0.29) is 29.1 Å². The Bertz CT molecular complexity index is 958. The van der Waals surface area contributed by atoms with Crippen LogP contribution in [0, 0.1) is 11.3 Å². The van der Waals surface area contributed by atoms with Crippen LogP contribution in [0.25, 0.3) is 5.65 Å². The first-order valence-corrected chi connectivity index (χ1v) is 6.24. The van der Waals surface area contributed by atoms with Gasteiger partial charge in [-0.2, -0.15) is 10.4 Å². The third-order valence-electron chi connectivity index (χ3n) is 2.96. The molecule has 0 saturated heterocycles. The van der Waals surface area contributed by atoms with Crippen LogP contribution in [0.2, 0.25) is 0 Å². The smallest absolute Gasteiger partial charge is 0.341 e. The second kappa shape index (κ2) is 5.17. The quantitative estimate of drug-likeness (QED) is 0.679. The molecule has 9 nitrogen and oxygen atoms in total. The van der Waals surface area contributed by atoms with Gasteiger partial charge in [-0.15, -0.1) is 0 Å². The van der Waals surface area contributed by atoms with E-state index in [1.54, 1.807) is 7.05 Å². The van der Waals surface area contributed by atoms with Crippen LogP contribution in [0.4, 0.5) is 0 Å². The Labute approximate surface area is 123 Å². The van der Waals surface area contributed by atoms with Crippen LogP contribution in [0.15, 0.2) is 29.5 Å². The summed E-state index contributed by atoms with van der Waals surface area (Å²) in [6.07, 6.45) is 4.29. The molecule has 0 fully saturated rings. The van der Waals surface area contributed by atoms with Crippen molar-refractivity contribution in [1.82, 2.24) is 24.4 Å². The lowest BCUT2D eigenvalue weighted by atomic mass is 10.3. The fraction of sp³-hybridized carbons (Fsp3) is 0.154. The van der Waals surface area contributed by atoms with Gasteiger partial charge in [0, 0.05) is 25.5 Å². The molecular formula is C13H10N6O3. The average molecular weight is 298 g/mol. The zero-order valence-electron chi connectivity index (χ0n) is 11.5. The number of esters is 1. The number of nitrogens with zero attached hydrogens (tertiary/aromatic N) is 5. The largest absolute Gasteiger partial charge is 0.455 e. The van der Waals surface area contributed by atoms with Gasteiger partial charge in [0.25, 0.3) is 5.56 Å². The van der Waals surface area contributed by atoms with E-state index in [1.165, 1.54) is 29.3 Å². The highest BCUT2D eigenvalue weighted by Crippen LogP contribution is 2.07. The molecule has 3 heterocycles. The summed E-state index contributed by atoms with van der Waals surface area (Å²) in [5.74, 6) is -0.565. The zero-order chi connectivity index (χ0) is 15.7. The standard InChI is InChI=1S/C13H10N6O3/c1-18-6-9(5-15-18)13(21)22-7-10-2-11(20)19-12(17-10)8(3-14)4-16-19/h2,4-6,16H,7H2,1H3. The molecule has 9 heteroatoms. The molecule has 3 aromatic rings. The van der Waals surface area contributed by atoms with E-state index in [0.29, 0.717) is 5.56 Å². The fourth-order valence-electron chi connectivity index (χ4n) is 1.93. The molecule has 110 valence electrons. The van der Waals surface area contributed by atoms with E-state index >= 15 is 0 Å². The van der Waals surface area contributed by atoms with E-state index < -0.39 is 5.97 Å². The van der Waals surface area contributed by atoms with Gasteiger partial charge in [0.15, 0.2) is 5.65 Å². The van der Waals surface area contributed by atoms with Crippen molar-refractivity contribution in [2.75, 3.05) is 0 Å². The molecule has 1 N–H and O–H groups in total. The lowest BCUT2D eigenvalue weighted by Crippen LogP contribution is -2.16. The summed E-state index contributed by atoms with van der Waals surface area (Å²) in [4.78, 5) is 27.8. The van der Waals surface area contributed by atoms with Crippen LogP contribution < -0.4 is 5.56 Å². The molecule has 0 aliphatic heterocycles. The number of H-pyrrole nitrogens is 1. The fourth-order valence-corrected chi connectivity index (χ4v) is 1.93. The molecule has 0 radical (unpaired) electrons. The number of aromatic nitrogens is 5. The van der Waals surface area contributed by atoms with Crippen LogP contribution in [-0.4, -0.2) is 30.3 Å². The predicted molar refractivity (Wildman–Crippen MR) is 72.9 cm³/mol. The van der Waals surface area contributed by atoms with Crippen LogP contribution in [0.3, 0.4) is 0 Å². The minimum Gasteiger partial charge on any atom is -0.455 e. The van der Waals surface area contributed by atoms with Crippen molar-refractivity contribution >= 4 is 11.6 Å². The Morgan fingerprint density at radius 1 is 1.55 bits per heavy atom. The molecule has 0 aliphatic rings. The summed E-state index contributed by atoms with van der Waals surface area (Å²) in [7, 11) is 1.68. The van der Waals surface area contributed by atoms with Crippen molar-refractivity contribution in [2.45, 2.75) is 6.61 Å². The molecule has 0 saturated carbocycles. The van der Waals surface area contributed by atoms with Crippen molar-refractivity contribution in [3.05, 3.63) is 51.8 Å². The summed E-state index contributed by atoms with van der Waals surface area (Å²) in [5.41, 5.74) is 0.608. The van der Waals surface area contributed by atoms with Gasteiger partial charge < -0.3 is 4.74 Å². The van der Waals surface area contributed by atoms with Gasteiger partial charge in [-0.25, -0.2) is 14.3 Å². The number of nitriles is 1. The Balaban J connectivity index is 1.84. The highest BCUT2D eigenvalue weighted by Gasteiger charge is 2.12. The molecule has 0 amide bonds. The number of ether oxygens (including phenoxy) is 1. The second-order valence-electron chi connectivity index (χ2n) is 4.52. The van der Waals surface area contributed by atoms with Gasteiger partial charge in [0.1, 0.15) is 18.2 Å². The third-order valence-corrected chi connectivity index (χ3v) is 2.96. The average Bonchev–Trinajstić information content (AvgIpc) is 3.11. The van der Waals surface area contributed by atoms with Crippen molar-refractivity contribution < 1.29 is 9.53 Å². The third kappa shape index (κ3) is 2.33. The maximum atomic E-state index is 11.9. The van der Waals surface area contributed by atoms with E-state index in [2.05, 4.69) is 15.2 Å². The van der Waals surface area contributed by atoms with E-state index in [0.717, 1.165) is 4.52 Å². The summed E-state index contributed by atoms with van der Waals surface area (Å²) >= 11 is 0. The van der Waals surface area contributed by atoms with E-state index in [1.807, 2.05) is 6.07 Å². The van der Waals surface area contributed by atoms with Gasteiger partial charge in [-0.05, 0) is 0 Å². The van der Waals surface area contributed by atoms with Crippen molar-refractivity contribution in [3.8, 4) is 6.07 Å². The molecule has 22 heavy (non-hydrogen) atoms. The minimum atomic E-state index is -0.565. The second-order valence-corrected chi connectivity index (χ2v) is 4.52. The molecule has 0 atom stereocenters. The molecule has 3 rings (SSSR count). The van der Waals surface area contributed by atoms with Gasteiger partial charge >= 0.3 is 5.97 Å². The minimum absolute atomic E-state index is 0.171. The van der Waals surface area contributed by atoms with Crippen LogP contribution in [-0.2, 0) is 18.4 Å². The van der Waals surface area contributed by atoms with E-state index in [4.69, 9.17) is 10.00 Å². The molecule has 0 unspecified atom stereocenters. The first-order valence-electron chi connectivity index (χ1n) is 6.24. The predicted octanol–water partition coefficient (Wildman–Crippen LogP) is -0.0152. The normalized spacial score (nSPS) is 10.5. The number of nitrogens with one attached hydrogen (secondary N) is 1. The van der Waals surface area contributed by atoms with Gasteiger partial charge in [-0.1, -0.05) is 0 Å². The molecule has 3 aromatic heterocycles. The highest BCUT2D eigenvalue weighted by molar-refractivity contribution is 5.88. The van der Waals surface area contributed by atoms with Gasteiger partial charge in [0.2, 0.25) is 0 Å². The number of carbonyl (C=O) groups excluding carboxylic acids is 1. The van der Waals surface area contributed by atoms with Crippen molar-refractivity contribution in [1.29, 1.82) is 5.26 Å². The Morgan fingerprint density at radius 2 is 2.36 bits per heavy atom. The first-order chi connectivity index (χ1) is 10.6. The number of hydrogen-bond acceptors (Lipinski definition) is 6. The van der Waals surface area contributed by atoms with Crippen LogP contribution in [0.5, 0.6) is 0 Å². The SMILES string of the molecule is Cn1cc(C(=O)OCc2cc(=O)n3[nH]cc(C#N)c3n2)cn1. The van der Waals surface area contributed by atoms with E-state index in [9.17, 15) is 9.59 Å². The molecule has 0 bridgehead atoms. The first kappa shape index (κ1) is 13.6. The van der Waals surface area contributed by atoms with Crippen molar-refractivity contribution in [3.63, 3.8) is 0 Å². The lowest BCUT2D eigenvalue weighted by Gasteiger charge is -2.03. The Hall–Kier alpha value is -3.41. The molecule has 0 spiro atoms. The number of rotatable bonds is 3. The highest BCUT2D eigenvalue weighted by atomic mass is 16.5. The monoisotopic (exact) mass is 298 g/mol. The molecule has 0 aliphatic carbocycles. The topological polar surface area (TPSA) is 118 Å². The van der Waals surface area contributed by atoms with Crippen LogP contribution in [0.1, 0.15) is 21.6 Å². The number of hydrogen-bond donors (Lipinski definition) is 1. The van der Waals surface area contributed by atoms with Crippen molar-refractivity contribution in [2.24, 2.45) is 7.05 Å². The maximum Gasteiger partial charge on any atom is 0.341 e. The number of carbonyl (C=O) groups is 1. The maximum absolute atomic E-state index is 11.9. The Kier molecular flexibility index (Phi) is 3.19. The molecule has 0 aromatic carbocycles. The zero-order valence-corrected chi connectivity index (χ0v) is 11.5. The number of aromatic amines is 1. The molecular weight excluding hydrogens is 288 g/mol. The number of fused-ring (bicyclic) bond motifs is 1.